The monoisotopic (exact) mass is 411 g/mol. The lowest BCUT2D eigenvalue weighted by atomic mass is 9.93. The Kier molecular flexibility index (Phi) is 5.50. The van der Waals surface area contributed by atoms with Crippen LogP contribution >= 0.6 is 11.3 Å². The number of aromatic nitrogens is 1. The van der Waals surface area contributed by atoms with Crippen LogP contribution in [0.25, 0.3) is 11.3 Å². The van der Waals surface area contributed by atoms with E-state index in [9.17, 15) is 27.6 Å². The Morgan fingerprint density at radius 2 is 1.89 bits per heavy atom. The third kappa shape index (κ3) is 4.22. The molecule has 2 aromatic rings. The predicted molar refractivity (Wildman–Crippen MR) is 96.9 cm³/mol. The highest BCUT2D eigenvalue weighted by Crippen LogP contribution is 2.33. The van der Waals surface area contributed by atoms with Crippen LogP contribution in [0.15, 0.2) is 30.3 Å². The molecule has 6 nitrogen and oxygen atoms in total. The molecule has 0 radical (unpaired) electrons. The molecule has 0 aliphatic carbocycles. The summed E-state index contributed by atoms with van der Waals surface area (Å²) in [7, 11) is 0. The fourth-order valence-corrected chi connectivity index (χ4v) is 3.79. The molecule has 2 unspecified atom stereocenters. The standard InChI is InChI=1S/C18H16F3N3O3S/c1-9(25)14-13(10-5-3-2-4-6-10)23-17(28-14)24-16(27)11-7-8-12(18(19,20)21)22-15(11)26/h2-6,11-12H,7-8H2,1H3,(H,22,26)(H,23,24,27). The average molecular weight is 411 g/mol. The molecule has 2 amide bonds. The molecule has 1 aliphatic heterocycles. The van der Waals surface area contributed by atoms with E-state index in [2.05, 4.69) is 10.3 Å². The highest BCUT2D eigenvalue weighted by atomic mass is 32.1. The van der Waals surface area contributed by atoms with Gasteiger partial charge in [0, 0.05) is 12.5 Å². The number of hydrogen-bond acceptors (Lipinski definition) is 5. The first kappa shape index (κ1) is 20.0. The number of benzene rings is 1. The van der Waals surface area contributed by atoms with Crippen molar-refractivity contribution >= 4 is 34.1 Å². The summed E-state index contributed by atoms with van der Waals surface area (Å²) in [6.45, 7) is 1.37. The van der Waals surface area contributed by atoms with Crippen LogP contribution in [0, 0.1) is 5.92 Å². The maximum Gasteiger partial charge on any atom is 0.408 e. The lowest BCUT2D eigenvalue weighted by Crippen LogP contribution is -2.53. The molecule has 0 bridgehead atoms. The van der Waals surface area contributed by atoms with E-state index in [4.69, 9.17) is 0 Å². The lowest BCUT2D eigenvalue weighted by molar-refractivity contribution is -0.170. The first-order valence-corrected chi connectivity index (χ1v) is 9.23. The van der Waals surface area contributed by atoms with E-state index >= 15 is 0 Å². The second kappa shape index (κ2) is 7.70. The number of thiazole rings is 1. The van der Waals surface area contributed by atoms with E-state index < -0.39 is 30.0 Å². The van der Waals surface area contributed by atoms with Gasteiger partial charge in [-0.3, -0.25) is 14.4 Å². The van der Waals surface area contributed by atoms with Gasteiger partial charge in [0.05, 0.1) is 10.6 Å². The van der Waals surface area contributed by atoms with Gasteiger partial charge in [0.15, 0.2) is 10.9 Å². The van der Waals surface area contributed by atoms with Crippen molar-refractivity contribution in [3.05, 3.63) is 35.2 Å². The smallest absolute Gasteiger partial charge is 0.344 e. The minimum absolute atomic E-state index is 0.111. The van der Waals surface area contributed by atoms with Gasteiger partial charge in [-0.2, -0.15) is 13.2 Å². The van der Waals surface area contributed by atoms with E-state index in [1.807, 2.05) is 11.4 Å². The third-order valence-electron chi connectivity index (χ3n) is 4.31. The van der Waals surface area contributed by atoms with Gasteiger partial charge in [0.1, 0.15) is 12.0 Å². The molecule has 1 aromatic carbocycles. The number of hydrogen-bond donors (Lipinski definition) is 2. The maximum absolute atomic E-state index is 12.7. The van der Waals surface area contributed by atoms with Gasteiger partial charge >= 0.3 is 6.18 Å². The van der Waals surface area contributed by atoms with Crippen molar-refractivity contribution in [1.29, 1.82) is 0 Å². The Morgan fingerprint density at radius 3 is 2.46 bits per heavy atom. The van der Waals surface area contributed by atoms with Crippen molar-refractivity contribution < 1.29 is 27.6 Å². The summed E-state index contributed by atoms with van der Waals surface area (Å²) < 4.78 is 38.2. The van der Waals surface area contributed by atoms with Gasteiger partial charge in [-0.05, 0) is 12.8 Å². The molecule has 28 heavy (non-hydrogen) atoms. The van der Waals surface area contributed by atoms with Crippen LogP contribution in [0.5, 0.6) is 0 Å². The number of amides is 2. The molecule has 3 rings (SSSR count). The van der Waals surface area contributed by atoms with Gasteiger partial charge in [0.25, 0.3) is 0 Å². The van der Waals surface area contributed by atoms with E-state index in [0.717, 1.165) is 11.3 Å². The number of carbonyl (C=O) groups is 3. The quantitative estimate of drug-likeness (QED) is 0.596. The minimum atomic E-state index is -4.55. The lowest BCUT2D eigenvalue weighted by Gasteiger charge is -2.29. The fourth-order valence-electron chi connectivity index (χ4n) is 2.90. The molecule has 10 heteroatoms. The number of anilines is 1. The number of nitrogens with one attached hydrogen (secondary N) is 2. The van der Waals surface area contributed by atoms with Crippen LogP contribution in [0.1, 0.15) is 29.4 Å². The van der Waals surface area contributed by atoms with Crippen LogP contribution in [0.4, 0.5) is 18.3 Å². The molecular formula is C18H16F3N3O3S. The second-order valence-corrected chi connectivity index (χ2v) is 7.34. The van der Waals surface area contributed by atoms with Crippen molar-refractivity contribution in [1.82, 2.24) is 10.3 Å². The summed E-state index contributed by atoms with van der Waals surface area (Å²) in [6.07, 6.45) is -5.15. The molecule has 0 spiro atoms. The van der Waals surface area contributed by atoms with E-state index in [1.165, 1.54) is 6.92 Å². The van der Waals surface area contributed by atoms with E-state index in [1.54, 1.807) is 24.3 Å². The summed E-state index contributed by atoms with van der Waals surface area (Å²) in [6, 6.07) is 6.94. The van der Waals surface area contributed by atoms with Gasteiger partial charge in [-0.15, -0.1) is 0 Å². The number of piperidine rings is 1. The first-order valence-electron chi connectivity index (χ1n) is 8.42. The molecular weight excluding hydrogens is 395 g/mol. The Bertz CT molecular complexity index is 912. The van der Waals surface area contributed by atoms with Crippen molar-refractivity contribution in [2.75, 3.05) is 5.32 Å². The van der Waals surface area contributed by atoms with Gasteiger partial charge < -0.3 is 10.6 Å². The number of halogens is 3. The van der Waals surface area contributed by atoms with Crippen molar-refractivity contribution in [2.45, 2.75) is 32.0 Å². The Labute approximate surface area is 162 Å². The number of alkyl halides is 3. The molecule has 0 saturated carbocycles. The maximum atomic E-state index is 12.7. The van der Waals surface area contributed by atoms with Gasteiger partial charge in [-0.1, -0.05) is 41.7 Å². The summed E-state index contributed by atoms with van der Waals surface area (Å²) in [5, 5.41) is 4.40. The van der Waals surface area contributed by atoms with Crippen LogP contribution in [-0.4, -0.2) is 34.8 Å². The molecule has 1 aliphatic rings. The Hall–Kier alpha value is -2.75. The summed E-state index contributed by atoms with van der Waals surface area (Å²) in [5.74, 6) is -3.21. The summed E-state index contributed by atoms with van der Waals surface area (Å²) in [5.41, 5.74) is 1.09. The van der Waals surface area contributed by atoms with Crippen LogP contribution in [-0.2, 0) is 9.59 Å². The number of Topliss-reactive ketones (excluding diaryl/α,β-unsaturated/α-hetero) is 1. The third-order valence-corrected chi connectivity index (χ3v) is 5.38. The van der Waals surface area contributed by atoms with Crippen molar-refractivity contribution in [3.63, 3.8) is 0 Å². The molecule has 1 fully saturated rings. The molecule has 1 saturated heterocycles. The van der Waals surface area contributed by atoms with Crippen molar-refractivity contribution in [3.8, 4) is 11.3 Å². The average Bonchev–Trinajstić information content (AvgIpc) is 3.05. The van der Waals surface area contributed by atoms with Crippen LogP contribution < -0.4 is 10.6 Å². The molecule has 2 heterocycles. The Morgan fingerprint density at radius 1 is 1.21 bits per heavy atom. The molecule has 2 N–H and O–H groups in total. The second-order valence-electron chi connectivity index (χ2n) is 6.34. The SMILES string of the molecule is CC(=O)c1sc(NC(=O)C2CCC(C(F)(F)F)NC2=O)nc1-c1ccccc1. The number of nitrogens with zero attached hydrogens (tertiary/aromatic N) is 1. The normalized spacial score (nSPS) is 19.8. The van der Waals surface area contributed by atoms with Crippen LogP contribution in [0.3, 0.4) is 0 Å². The molecule has 1 aromatic heterocycles. The first-order chi connectivity index (χ1) is 13.2. The predicted octanol–water partition coefficient (Wildman–Crippen LogP) is 3.41. The molecule has 2 atom stereocenters. The van der Waals surface area contributed by atoms with Gasteiger partial charge in [-0.25, -0.2) is 4.98 Å². The van der Waals surface area contributed by atoms with E-state index in [-0.39, 0.29) is 23.8 Å². The zero-order valence-electron chi connectivity index (χ0n) is 14.7. The zero-order chi connectivity index (χ0) is 20.5. The summed E-state index contributed by atoms with van der Waals surface area (Å²) in [4.78, 5) is 40.9. The van der Waals surface area contributed by atoms with E-state index in [0.29, 0.717) is 16.1 Å². The topological polar surface area (TPSA) is 88.2 Å². The van der Waals surface area contributed by atoms with Gasteiger partial charge in [0.2, 0.25) is 11.8 Å². The minimum Gasteiger partial charge on any atom is -0.344 e. The molecule has 148 valence electrons. The zero-order valence-corrected chi connectivity index (χ0v) is 15.5. The number of carbonyl (C=O) groups excluding carboxylic acids is 3. The summed E-state index contributed by atoms with van der Waals surface area (Å²) >= 11 is 0.956. The number of ketones is 1. The fraction of sp³-hybridized carbons (Fsp3) is 0.333. The number of rotatable bonds is 4. The highest BCUT2D eigenvalue weighted by Gasteiger charge is 2.46. The highest BCUT2D eigenvalue weighted by molar-refractivity contribution is 7.18. The van der Waals surface area contributed by atoms with Crippen LogP contribution in [0.2, 0.25) is 0 Å². The van der Waals surface area contributed by atoms with Crippen molar-refractivity contribution in [2.24, 2.45) is 5.92 Å². The Balaban J connectivity index is 1.76. The largest absolute Gasteiger partial charge is 0.408 e.